The summed E-state index contributed by atoms with van der Waals surface area (Å²) in [6.07, 6.45) is 0. The summed E-state index contributed by atoms with van der Waals surface area (Å²) in [5.74, 6) is 1.68. The predicted octanol–water partition coefficient (Wildman–Crippen LogP) is 5.69. The van der Waals surface area contributed by atoms with E-state index in [1.54, 1.807) is 24.5 Å². The maximum absolute atomic E-state index is 10.7. The van der Waals surface area contributed by atoms with Crippen molar-refractivity contribution < 1.29 is 14.6 Å². The molecule has 0 spiro atoms. The smallest absolute Gasteiger partial charge is 0.165 e. The van der Waals surface area contributed by atoms with Crippen LogP contribution in [0.25, 0.3) is 20.8 Å². The van der Waals surface area contributed by atoms with E-state index in [9.17, 15) is 5.11 Å². The Morgan fingerprint density at radius 3 is 2.78 bits per heavy atom. The largest absolute Gasteiger partial charge is 0.504 e. The Labute approximate surface area is 191 Å². The molecule has 32 heavy (non-hydrogen) atoms. The molecule has 0 bridgehead atoms. The lowest BCUT2D eigenvalue weighted by atomic mass is 10.0. The highest BCUT2D eigenvalue weighted by molar-refractivity contribution is 7.21. The standard InChI is InChI=1S/C26H26N2O3S/c1-16-17(2)23(30-3)9-8-18(16)14-28-10-11-31-25-20(15-28)12-19(13-22(25)29)26-27-21-6-4-5-7-24(21)32-26/h4-9,12-13,29H,10-11,14-15H2,1-3H3. The van der Waals surface area contributed by atoms with Crippen LogP contribution in [0.2, 0.25) is 0 Å². The van der Waals surface area contributed by atoms with Crippen LogP contribution in [0.3, 0.4) is 0 Å². The molecule has 0 saturated heterocycles. The summed E-state index contributed by atoms with van der Waals surface area (Å²) >= 11 is 1.64. The Hall–Kier alpha value is -3.09. The SMILES string of the molecule is COc1ccc(CN2CCOc3c(O)cc(-c4nc5ccccc5s4)cc3C2)c(C)c1C. The minimum absolute atomic E-state index is 0.176. The zero-order valence-electron chi connectivity index (χ0n) is 18.5. The molecule has 0 amide bonds. The van der Waals surface area contributed by atoms with Gasteiger partial charge in [-0.05, 0) is 60.9 Å². The second-order valence-electron chi connectivity index (χ2n) is 8.21. The number of thiazole rings is 1. The molecular formula is C26H26N2O3S. The number of aromatic nitrogens is 1. The highest BCUT2D eigenvalue weighted by Gasteiger charge is 2.21. The van der Waals surface area contributed by atoms with Gasteiger partial charge in [-0.3, -0.25) is 4.90 Å². The number of hydrogen-bond acceptors (Lipinski definition) is 6. The van der Waals surface area contributed by atoms with Crippen molar-refractivity contribution in [2.45, 2.75) is 26.9 Å². The van der Waals surface area contributed by atoms with Crippen LogP contribution in [0.5, 0.6) is 17.2 Å². The Morgan fingerprint density at radius 1 is 1.12 bits per heavy atom. The third kappa shape index (κ3) is 3.80. The van der Waals surface area contributed by atoms with Gasteiger partial charge in [0.1, 0.15) is 17.4 Å². The number of para-hydroxylation sites is 1. The van der Waals surface area contributed by atoms with E-state index < -0.39 is 0 Å². The lowest BCUT2D eigenvalue weighted by molar-refractivity contribution is 0.217. The van der Waals surface area contributed by atoms with E-state index >= 15 is 0 Å². The molecule has 0 unspecified atom stereocenters. The molecule has 1 aromatic heterocycles. The maximum Gasteiger partial charge on any atom is 0.165 e. The summed E-state index contributed by atoms with van der Waals surface area (Å²) in [7, 11) is 1.71. The fourth-order valence-electron chi connectivity index (χ4n) is 4.29. The van der Waals surface area contributed by atoms with Crippen molar-refractivity contribution in [1.29, 1.82) is 0 Å². The number of nitrogens with zero attached hydrogens (tertiary/aromatic N) is 2. The molecule has 0 fully saturated rings. The molecule has 6 heteroatoms. The first-order chi connectivity index (χ1) is 15.5. The van der Waals surface area contributed by atoms with Gasteiger partial charge >= 0.3 is 0 Å². The highest BCUT2D eigenvalue weighted by Crippen LogP contribution is 2.40. The van der Waals surface area contributed by atoms with Crippen LogP contribution in [0.4, 0.5) is 0 Å². The summed E-state index contributed by atoms with van der Waals surface area (Å²) in [5, 5.41) is 11.6. The molecular weight excluding hydrogens is 420 g/mol. The molecule has 3 aromatic carbocycles. The molecule has 1 aliphatic rings. The summed E-state index contributed by atoms with van der Waals surface area (Å²) in [4.78, 5) is 7.12. The normalized spacial score (nSPS) is 14.1. The molecule has 0 aliphatic carbocycles. The monoisotopic (exact) mass is 446 g/mol. The van der Waals surface area contributed by atoms with Crippen molar-refractivity contribution >= 4 is 21.6 Å². The zero-order valence-corrected chi connectivity index (χ0v) is 19.3. The first-order valence-corrected chi connectivity index (χ1v) is 11.5. The van der Waals surface area contributed by atoms with Crippen molar-refractivity contribution in [3.05, 3.63) is 70.8 Å². The lowest BCUT2D eigenvalue weighted by Gasteiger charge is -2.22. The summed E-state index contributed by atoms with van der Waals surface area (Å²) in [6.45, 7) is 7.08. The zero-order chi connectivity index (χ0) is 22.2. The van der Waals surface area contributed by atoms with Gasteiger partial charge in [-0.1, -0.05) is 18.2 Å². The fraction of sp³-hybridized carbons (Fsp3) is 0.269. The molecule has 2 heterocycles. The molecule has 0 atom stereocenters. The van der Waals surface area contributed by atoms with Gasteiger partial charge in [-0.25, -0.2) is 4.98 Å². The van der Waals surface area contributed by atoms with E-state index in [-0.39, 0.29) is 5.75 Å². The molecule has 164 valence electrons. The van der Waals surface area contributed by atoms with E-state index in [1.807, 2.05) is 24.3 Å². The van der Waals surface area contributed by atoms with E-state index in [2.05, 4.69) is 36.9 Å². The summed E-state index contributed by atoms with van der Waals surface area (Å²) in [5.41, 5.74) is 6.58. The van der Waals surface area contributed by atoms with Gasteiger partial charge in [-0.2, -0.15) is 0 Å². The van der Waals surface area contributed by atoms with Gasteiger partial charge in [0.2, 0.25) is 0 Å². The highest BCUT2D eigenvalue weighted by atomic mass is 32.1. The minimum Gasteiger partial charge on any atom is -0.504 e. The van der Waals surface area contributed by atoms with Gasteiger partial charge in [0.05, 0.1) is 17.3 Å². The lowest BCUT2D eigenvalue weighted by Crippen LogP contribution is -2.25. The van der Waals surface area contributed by atoms with Gasteiger partial charge < -0.3 is 14.6 Å². The van der Waals surface area contributed by atoms with Crippen molar-refractivity contribution in [3.63, 3.8) is 0 Å². The van der Waals surface area contributed by atoms with E-state index in [1.165, 1.54) is 16.7 Å². The number of hydrogen-bond donors (Lipinski definition) is 1. The Balaban J connectivity index is 1.46. The van der Waals surface area contributed by atoms with Crippen molar-refractivity contribution in [2.75, 3.05) is 20.3 Å². The molecule has 0 radical (unpaired) electrons. The molecule has 1 aliphatic heterocycles. The van der Waals surface area contributed by atoms with Crippen LogP contribution in [-0.2, 0) is 13.1 Å². The van der Waals surface area contributed by atoms with Gasteiger partial charge in [0, 0.05) is 30.8 Å². The van der Waals surface area contributed by atoms with Gasteiger partial charge in [0.25, 0.3) is 0 Å². The molecule has 5 nitrogen and oxygen atoms in total. The van der Waals surface area contributed by atoms with E-state index in [0.29, 0.717) is 18.9 Å². The Morgan fingerprint density at radius 2 is 1.97 bits per heavy atom. The van der Waals surface area contributed by atoms with Gasteiger partial charge in [0.15, 0.2) is 11.5 Å². The van der Waals surface area contributed by atoms with Crippen LogP contribution in [0.1, 0.15) is 22.3 Å². The third-order valence-corrected chi connectivity index (χ3v) is 7.28. The van der Waals surface area contributed by atoms with Crippen LogP contribution in [-0.4, -0.2) is 35.3 Å². The number of rotatable bonds is 4. The Bertz CT molecular complexity index is 1260. The minimum atomic E-state index is 0.176. The number of methoxy groups -OCH3 is 1. The first kappa shape index (κ1) is 20.8. The molecule has 4 aromatic rings. The summed E-state index contributed by atoms with van der Waals surface area (Å²) in [6, 6.07) is 16.2. The number of ether oxygens (including phenoxy) is 2. The first-order valence-electron chi connectivity index (χ1n) is 10.7. The molecule has 1 N–H and O–H groups in total. The van der Waals surface area contributed by atoms with Crippen molar-refractivity contribution in [2.24, 2.45) is 0 Å². The molecule has 5 rings (SSSR count). The second-order valence-corrected chi connectivity index (χ2v) is 9.24. The average Bonchev–Trinajstić information content (AvgIpc) is 3.12. The number of fused-ring (bicyclic) bond motifs is 2. The quantitative estimate of drug-likeness (QED) is 0.436. The van der Waals surface area contributed by atoms with Gasteiger partial charge in [-0.15, -0.1) is 11.3 Å². The van der Waals surface area contributed by atoms with Crippen molar-refractivity contribution in [3.8, 4) is 27.8 Å². The average molecular weight is 447 g/mol. The van der Waals surface area contributed by atoms with Crippen LogP contribution in [0, 0.1) is 13.8 Å². The summed E-state index contributed by atoms with van der Waals surface area (Å²) < 4.78 is 12.6. The topological polar surface area (TPSA) is 54.8 Å². The van der Waals surface area contributed by atoms with E-state index in [4.69, 9.17) is 14.5 Å². The van der Waals surface area contributed by atoms with Crippen LogP contribution >= 0.6 is 11.3 Å². The Kier molecular flexibility index (Phi) is 5.49. The number of benzene rings is 3. The predicted molar refractivity (Wildman–Crippen MR) is 129 cm³/mol. The van der Waals surface area contributed by atoms with Crippen LogP contribution < -0.4 is 9.47 Å². The third-order valence-electron chi connectivity index (χ3n) is 6.20. The molecule has 0 saturated carbocycles. The van der Waals surface area contributed by atoms with Crippen LogP contribution in [0.15, 0.2) is 48.5 Å². The fourth-order valence-corrected chi connectivity index (χ4v) is 5.25. The van der Waals surface area contributed by atoms with Crippen molar-refractivity contribution in [1.82, 2.24) is 9.88 Å². The maximum atomic E-state index is 10.7. The number of phenolic OH excluding ortho intramolecular Hbond substituents is 1. The van der Waals surface area contributed by atoms with E-state index in [0.717, 1.165) is 45.2 Å². The second kappa shape index (κ2) is 8.45. The number of aromatic hydroxyl groups is 1. The number of phenols is 1.